The van der Waals surface area contributed by atoms with Gasteiger partial charge in [0.05, 0.1) is 6.54 Å². The molecule has 0 amide bonds. The van der Waals surface area contributed by atoms with Crippen LogP contribution in [0.2, 0.25) is 0 Å². The van der Waals surface area contributed by atoms with Gasteiger partial charge in [-0.3, -0.25) is 0 Å². The normalized spacial score (nSPS) is 14.8. The van der Waals surface area contributed by atoms with Crippen LogP contribution in [0.4, 0.5) is 17.8 Å². The lowest BCUT2D eigenvalue weighted by Gasteiger charge is -2.15. The summed E-state index contributed by atoms with van der Waals surface area (Å²) in [6.45, 7) is 2.41. The SMILES string of the molecule is Cn1cnnc1CNc1nc(N)nc(N2CCCC2)n1. The Morgan fingerprint density at radius 2 is 2.05 bits per heavy atom. The van der Waals surface area contributed by atoms with E-state index in [2.05, 4.69) is 35.4 Å². The van der Waals surface area contributed by atoms with E-state index in [0.717, 1.165) is 31.8 Å². The molecule has 0 unspecified atom stereocenters. The smallest absolute Gasteiger partial charge is 0.231 e. The van der Waals surface area contributed by atoms with Crippen molar-refractivity contribution in [3.05, 3.63) is 12.2 Å². The van der Waals surface area contributed by atoms with Crippen molar-refractivity contribution >= 4 is 17.8 Å². The summed E-state index contributed by atoms with van der Waals surface area (Å²) in [6.07, 6.45) is 3.97. The molecule has 20 heavy (non-hydrogen) atoms. The maximum Gasteiger partial charge on any atom is 0.231 e. The van der Waals surface area contributed by atoms with E-state index >= 15 is 0 Å². The zero-order valence-corrected chi connectivity index (χ0v) is 11.3. The van der Waals surface area contributed by atoms with E-state index in [1.807, 2.05) is 11.6 Å². The summed E-state index contributed by atoms with van der Waals surface area (Å²) >= 11 is 0. The summed E-state index contributed by atoms with van der Waals surface area (Å²) in [5, 5.41) is 10.9. The first-order valence-corrected chi connectivity index (χ1v) is 6.55. The average Bonchev–Trinajstić information content (AvgIpc) is 3.07. The molecule has 1 saturated heterocycles. The Kier molecular flexibility index (Phi) is 3.32. The van der Waals surface area contributed by atoms with Gasteiger partial charge in [0.1, 0.15) is 6.33 Å². The molecule has 9 nitrogen and oxygen atoms in total. The molecule has 0 saturated carbocycles. The van der Waals surface area contributed by atoms with E-state index in [4.69, 9.17) is 5.73 Å². The standard InChI is InChI=1S/C11H17N9/c1-19-7-14-18-8(19)6-13-10-15-9(12)16-11(17-10)20-4-2-3-5-20/h7H,2-6H2,1H3,(H3,12,13,15,16,17). The van der Waals surface area contributed by atoms with Crippen molar-refractivity contribution in [2.75, 3.05) is 29.0 Å². The second-order valence-corrected chi connectivity index (χ2v) is 4.72. The fraction of sp³-hybridized carbons (Fsp3) is 0.545. The Bertz CT molecular complexity index is 587. The van der Waals surface area contributed by atoms with Crippen LogP contribution in [0.25, 0.3) is 0 Å². The number of anilines is 3. The van der Waals surface area contributed by atoms with Gasteiger partial charge in [-0.15, -0.1) is 10.2 Å². The van der Waals surface area contributed by atoms with Crippen molar-refractivity contribution in [2.45, 2.75) is 19.4 Å². The molecular weight excluding hydrogens is 258 g/mol. The number of nitrogen functional groups attached to an aromatic ring is 1. The van der Waals surface area contributed by atoms with E-state index in [-0.39, 0.29) is 5.95 Å². The van der Waals surface area contributed by atoms with Crippen molar-refractivity contribution < 1.29 is 0 Å². The number of hydrogen-bond donors (Lipinski definition) is 2. The van der Waals surface area contributed by atoms with E-state index < -0.39 is 0 Å². The maximum atomic E-state index is 5.74. The van der Waals surface area contributed by atoms with Crippen LogP contribution in [0.3, 0.4) is 0 Å². The molecule has 3 N–H and O–H groups in total. The number of nitrogens with two attached hydrogens (primary N) is 1. The van der Waals surface area contributed by atoms with Gasteiger partial charge in [0, 0.05) is 20.1 Å². The zero-order valence-electron chi connectivity index (χ0n) is 11.3. The highest BCUT2D eigenvalue weighted by Crippen LogP contribution is 2.17. The molecule has 106 valence electrons. The summed E-state index contributed by atoms with van der Waals surface area (Å²) in [7, 11) is 1.88. The molecule has 9 heteroatoms. The van der Waals surface area contributed by atoms with Crippen molar-refractivity contribution in [3.8, 4) is 0 Å². The molecule has 1 aliphatic rings. The van der Waals surface area contributed by atoms with Crippen LogP contribution >= 0.6 is 0 Å². The van der Waals surface area contributed by atoms with Crippen molar-refractivity contribution in [1.29, 1.82) is 0 Å². The van der Waals surface area contributed by atoms with Gasteiger partial charge in [0.2, 0.25) is 17.8 Å². The lowest BCUT2D eigenvalue weighted by molar-refractivity contribution is 0.803. The quantitative estimate of drug-likeness (QED) is 0.789. The number of nitrogens with zero attached hydrogens (tertiary/aromatic N) is 7. The molecule has 2 aromatic heterocycles. The van der Waals surface area contributed by atoms with Crippen LogP contribution in [0.5, 0.6) is 0 Å². The minimum atomic E-state index is 0.224. The number of aromatic nitrogens is 6. The topological polar surface area (TPSA) is 111 Å². The molecule has 0 atom stereocenters. The Morgan fingerprint density at radius 3 is 2.75 bits per heavy atom. The largest absolute Gasteiger partial charge is 0.368 e. The van der Waals surface area contributed by atoms with Gasteiger partial charge in [-0.2, -0.15) is 15.0 Å². The van der Waals surface area contributed by atoms with Gasteiger partial charge in [-0.1, -0.05) is 0 Å². The van der Waals surface area contributed by atoms with Crippen molar-refractivity contribution in [1.82, 2.24) is 29.7 Å². The Morgan fingerprint density at radius 1 is 1.25 bits per heavy atom. The van der Waals surface area contributed by atoms with Gasteiger partial charge in [0.25, 0.3) is 0 Å². The average molecular weight is 275 g/mol. The molecule has 3 heterocycles. The Labute approximate surface area is 116 Å². The number of hydrogen-bond acceptors (Lipinski definition) is 8. The summed E-state index contributed by atoms with van der Waals surface area (Å²) in [5.74, 6) is 2.12. The maximum absolute atomic E-state index is 5.74. The molecule has 2 aromatic rings. The van der Waals surface area contributed by atoms with Crippen LogP contribution in [-0.4, -0.2) is 42.8 Å². The first-order chi connectivity index (χ1) is 9.72. The fourth-order valence-electron chi connectivity index (χ4n) is 2.14. The number of aryl methyl sites for hydroxylation is 1. The minimum Gasteiger partial charge on any atom is -0.368 e. The highest BCUT2D eigenvalue weighted by molar-refractivity contribution is 5.42. The fourth-order valence-corrected chi connectivity index (χ4v) is 2.14. The summed E-state index contributed by atoms with van der Waals surface area (Å²) in [6, 6.07) is 0. The van der Waals surface area contributed by atoms with E-state index in [0.29, 0.717) is 18.4 Å². The molecule has 1 aliphatic heterocycles. The van der Waals surface area contributed by atoms with Crippen molar-refractivity contribution in [3.63, 3.8) is 0 Å². The second-order valence-electron chi connectivity index (χ2n) is 4.72. The Hall–Kier alpha value is -2.45. The molecule has 0 aromatic carbocycles. The predicted octanol–water partition coefficient (Wildman–Crippen LogP) is -0.205. The molecule has 0 radical (unpaired) electrons. The third kappa shape index (κ3) is 2.60. The second kappa shape index (κ2) is 5.27. The highest BCUT2D eigenvalue weighted by Gasteiger charge is 2.16. The van der Waals surface area contributed by atoms with Gasteiger partial charge in [-0.25, -0.2) is 0 Å². The molecule has 0 spiro atoms. The third-order valence-electron chi connectivity index (χ3n) is 3.24. The Balaban J connectivity index is 1.74. The van der Waals surface area contributed by atoms with Crippen LogP contribution in [0.1, 0.15) is 18.7 Å². The number of rotatable bonds is 4. The van der Waals surface area contributed by atoms with E-state index in [1.165, 1.54) is 0 Å². The lowest BCUT2D eigenvalue weighted by Crippen LogP contribution is -2.22. The van der Waals surface area contributed by atoms with Gasteiger partial charge in [-0.05, 0) is 12.8 Å². The molecule has 3 rings (SSSR count). The van der Waals surface area contributed by atoms with Gasteiger partial charge in [0.15, 0.2) is 5.82 Å². The van der Waals surface area contributed by atoms with E-state index in [1.54, 1.807) is 6.33 Å². The summed E-state index contributed by atoms with van der Waals surface area (Å²) in [4.78, 5) is 14.8. The van der Waals surface area contributed by atoms with Crippen LogP contribution < -0.4 is 16.0 Å². The highest BCUT2D eigenvalue weighted by atomic mass is 15.3. The van der Waals surface area contributed by atoms with Crippen LogP contribution in [-0.2, 0) is 13.6 Å². The van der Waals surface area contributed by atoms with Crippen LogP contribution in [0, 0.1) is 0 Å². The minimum absolute atomic E-state index is 0.224. The lowest BCUT2D eigenvalue weighted by atomic mass is 10.4. The van der Waals surface area contributed by atoms with Gasteiger partial charge >= 0.3 is 0 Å². The van der Waals surface area contributed by atoms with Crippen molar-refractivity contribution in [2.24, 2.45) is 7.05 Å². The van der Waals surface area contributed by atoms with Gasteiger partial charge < -0.3 is 20.5 Å². The molecular formula is C11H17N9. The summed E-state index contributed by atoms with van der Waals surface area (Å²) in [5.41, 5.74) is 5.74. The monoisotopic (exact) mass is 275 g/mol. The van der Waals surface area contributed by atoms with Crippen LogP contribution in [0.15, 0.2) is 6.33 Å². The first kappa shape index (κ1) is 12.6. The molecule has 0 bridgehead atoms. The summed E-state index contributed by atoms with van der Waals surface area (Å²) < 4.78 is 1.83. The third-order valence-corrected chi connectivity index (χ3v) is 3.24. The molecule has 1 fully saturated rings. The predicted molar refractivity (Wildman–Crippen MR) is 74.0 cm³/mol. The first-order valence-electron chi connectivity index (χ1n) is 6.55. The van der Waals surface area contributed by atoms with E-state index in [9.17, 15) is 0 Å². The molecule has 0 aliphatic carbocycles. The number of nitrogens with one attached hydrogen (secondary N) is 1. The zero-order chi connectivity index (χ0) is 13.9.